The van der Waals surface area contributed by atoms with Gasteiger partial charge in [-0.25, -0.2) is 14.8 Å². The summed E-state index contributed by atoms with van der Waals surface area (Å²) in [5.74, 6) is 0.198. The summed E-state index contributed by atoms with van der Waals surface area (Å²) < 4.78 is 5.11. The van der Waals surface area contributed by atoms with E-state index in [0.717, 1.165) is 16.5 Å². The minimum Gasteiger partial charge on any atom is -0.462 e. The predicted molar refractivity (Wildman–Crippen MR) is 103 cm³/mol. The first-order valence-electron chi connectivity index (χ1n) is 8.09. The first-order chi connectivity index (χ1) is 12.5. The number of nitrogens with one attached hydrogen (secondary N) is 1. The molecule has 0 saturated carbocycles. The van der Waals surface area contributed by atoms with Gasteiger partial charge in [-0.1, -0.05) is 23.7 Å². The molecule has 0 fully saturated rings. The molecule has 0 amide bonds. The van der Waals surface area contributed by atoms with Gasteiger partial charge in [0.1, 0.15) is 21.9 Å². The molecule has 0 aliphatic carbocycles. The molecule has 0 aliphatic heterocycles. The quantitative estimate of drug-likeness (QED) is 0.618. The summed E-state index contributed by atoms with van der Waals surface area (Å²) in [4.78, 5) is 21.9. The number of aliphatic hydroxyl groups is 1. The number of ether oxygens (including phenoxy) is 1. The predicted octanol–water partition coefficient (Wildman–Crippen LogP) is 3.98. The van der Waals surface area contributed by atoms with Crippen molar-refractivity contribution in [2.75, 3.05) is 18.5 Å². The van der Waals surface area contributed by atoms with Gasteiger partial charge in [-0.3, -0.25) is 0 Å². The number of anilines is 1. The lowest BCUT2D eigenvalue weighted by atomic mass is 10.1. The van der Waals surface area contributed by atoms with Gasteiger partial charge in [0, 0.05) is 5.02 Å². The van der Waals surface area contributed by atoms with E-state index in [-0.39, 0.29) is 18.6 Å². The number of esters is 1. The third kappa shape index (κ3) is 3.65. The van der Waals surface area contributed by atoms with E-state index in [0.29, 0.717) is 27.2 Å². The number of thiophene rings is 1. The fraction of sp³-hybridized carbons (Fsp3) is 0.278. The smallest absolute Gasteiger partial charge is 0.348 e. The van der Waals surface area contributed by atoms with Gasteiger partial charge in [0.15, 0.2) is 0 Å². The van der Waals surface area contributed by atoms with Crippen molar-refractivity contribution in [1.82, 2.24) is 9.97 Å². The second-order valence-electron chi connectivity index (χ2n) is 5.61. The van der Waals surface area contributed by atoms with E-state index in [4.69, 9.17) is 16.3 Å². The Labute approximate surface area is 159 Å². The molecule has 3 rings (SSSR count). The van der Waals surface area contributed by atoms with Gasteiger partial charge in [0.05, 0.1) is 24.6 Å². The van der Waals surface area contributed by atoms with Crippen LogP contribution in [0.3, 0.4) is 0 Å². The van der Waals surface area contributed by atoms with Crippen LogP contribution in [-0.2, 0) is 4.74 Å². The van der Waals surface area contributed by atoms with Crippen LogP contribution in [0.1, 0.15) is 33.8 Å². The fourth-order valence-electron chi connectivity index (χ4n) is 2.67. The zero-order valence-corrected chi connectivity index (χ0v) is 15.9. The zero-order chi connectivity index (χ0) is 18.7. The summed E-state index contributed by atoms with van der Waals surface area (Å²) in [6.45, 7) is 3.80. The molecule has 0 saturated heterocycles. The first-order valence-corrected chi connectivity index (χ1v) is 9.28. The van der Waals surface area contributed by atoms with Gasteiger partial charge in [-0.15, -0.1) is 11.3 Å². The van der Waals surface area contributed by atoms with Crippen molar-refractivity contribution in [3.8, 4) is 0 Å². The van der Waals surface area contributed by atoms with Crippen LogP contribution in [0, 0.1) is 6.92 Å². The molecule has 2 aromatic heterocycles. The molecule has 26 heavy (non-hydrogen) atoms. The number of nitrogens with zero attached hydrogens (tertiary/aromatic N) is 2. The summed E-state index contributed by atoms with van der Waals surface area (Å²) in [5, 5.41) is 14.4. The van der Waals surface area contributed by atoms with Gasteiger partial charge in [-0.2, -0.15) is 0 Å². The van der Waals surface area contributed by atoms with Crippen LogP contribution in [0.15, 0.2) is 30.6 Å². The third-order valence-electron chi connectivity index (χ3n) is 3.95. The molecule has 1 atom stereocenters. The fourth-order valence-corrected chi connectivity index (χ4v) is 3.84. The Kier molecular flexibility index (Phi) is 5.70. The lowest BCUT2D eigenvalue weighted by molar-refractivity contribution is 0.0531. The van der Waals surface area contributed by atoms with Crippen molar-refractivity contribution in [1.29, 1.82) is 0 Å². The molecule has 0 bridgehead atoms. The maximum absolute atomic E-state index is 12.1. The summed E-state index contributed by atoms with van der Waals surface area (Å²) in [6.07, 6.45) is 1.44. The second-order valence-corrected chi connectivity index (χ2v) is 7.05. The van der Waals surface area contributed by atoms with Gasteiger partial charge in [-0.05, 0) is 37.1 Å². The highest BCUT2D eigenvalue weighted by Gasteiger charge is 2.21. The molecule has 2 N–H and O–H groups in total. The standard InChI is InChI=1S/C18H18ClN3O3S/c1-3-25-18(24)15-10(2)14-16(20-9-21-17(14)26-15)22-13(8-23)11-4-6-12(19)7-5-11/h4-7,9,13,23H,3,8H2,1-2H3,(H,20,21,22). The maximum Gasteiger partial charge on any atom is 0.348 e. The number of aromatic nitrogens is 2. The average molecular weight is 392 g/mol. The molecule has 1 unspecified atom stereocenters. The number of aryl methyl sites for hydroxylation is 1. The van der Waals surface area contributed by atoms with Gasteiger partial charge in [0.25, 0.3) is 0 Å². The van der Waals surface area contributed by atoms with Crippen LogP contribution < -0.4 is 5.32 Å². The Morgan fingerprint density at radius 3 is 2.73 bits per heavy atom. The monoisotopic (exact) mass is 391 g/mol. The average Bonchev–Trinajstić information content (AvgIpc) is 2.98. The molecule has 2 heterocycles. The normalized spacial score (nSPS) is 12.2. The Hall–Kier alpha value is -2.22. The first kappa shape index (κ1) is 18.6. The van der Waals surface area contributed by atoms with E-state index < -0.39 is 0 Å². The SMILES string of the molecule is CCOC(=O)c1sc2ncnc(NC(CO)c3ccc(Cl)cc3)c2c1C. The number of benzene rings is 1. The van der Waals surface area contributed by atoms with Gasteiger partial charge >= 0.3 is 5.97 Å². The lowest BCUT2D eigenvalue weighted by Crippen LogP contribution is -2.16. The minimum absolute atomic E-state index is 0.124. The molecule has 0 spiro atoms. The molecule has 6 nitrogen and oxygen atoms in total. The van der Waals surface area contributed by atoms with E-state index in [1.54, 1.807) is 19.1 Å². The minimum atomic E-state index is -0.365. The Morgan fingerprint density at radius 1 is 1.35 bits per heavy atom. The molecule has 8 heteroatoms. The van der Waals surface area contributed by atoms with Crippen LogP contribution in [0.2, 0.25) is 5.02 Å². The van der Waals surface area contributed by atoms with Crippen LogP contribution in [0.4, 0.5) is 5.82 Å². The number of halogens is 1. The number of hydrogen-bond donors (Lipinski definition) is 2. The molecular formula is C18H18ClN3O3S. The number of aliphatic hydroxyl groups excluding tert-OH is 1. The highest BCUT2D eigenvalue weighted by Crippen LogP contribution is 2.35. The largest absolute Gasteiger partial charge is 0.462 e. The highest BCUT2D eigenvalue weighted by molar-refractivity contribution is 7.20. The van der Waals surface area contributed by atoms with E-state index in [1.807, 2.05) is 19.1 Å². The van der Waals surface area contributed by atoms with Crippen molar-refractivity contribution >= 4 is 44.9 Å². The zero-order valence-electron chi connectivity index (χ0n) is 14.3. The summed E-state index contributed by atoms with van der Waals surface area (Å²) >= 11 is 7.20. The topological polar surface area (TPSA) is 84.3 Å². The highest BCUT2D eigenvalue weighted by atomic mass is 35.5. The number of fused-ring (bicyclic) bond motifs is 1. The maximum atomic E-state index is 12.1. The summed E-state index contributed by atoms with van der Waals surface area (Å²) in [7, 11) is 0. The van der Waals surface area contributed by atoms with E-state index in [9.17, 15) is 9.90 Å². The van der Waals surface area contributed by atoms with Crippen LogP contribution >= 0.6 is 22.9 Å². The van der Waals surface area contributed by atoms with Crippen molar-refractivity contribution in [2.45, 2.75) is 19.9 Å². The van der Waals surface area contributed by atoms with Crippen LogP contribution in [-0.4, -0.2) is 34.3 Å². The summed E-state index contributed by atoms with van der Waals surface area (Å²) in [5.41, 5.74) is 1.64. The van der Waals surface area contributed by atoms with E-state index in [2.05, 4.69) is 15.3 Å². The van der Waals surface area contributed by atoms with Crippen molar-refractivity contribution in [3.05, 3.63) is 51.6 Å². The molecule has 3 aromatic rings. The Bertz CT molecular complexity index is 927. The lowest BCUT2D eigenvalue weighted by Gasteiger charge is -2.18. The number of carbonyl (C=O) groups is 1. The van der Waals surface area contributed by atoms with Crippen LogP contribution in [0.25, 0.3) is 10.2 Å². The van der Waals surface area contributed by atoms with Crippen molar-refractivity contribution < 1.29 is 14.6 Å². The van der Waals surface area contributed by atoms with Gasteiger partial charge < -0.3 is 15.2 Å². The van der Waals surface area contributed by atoms with E-state index in [1.165, 1.54) is 17.7 Å². The van der Waals surface area contributed by atoms with Crippen molar-refractivity contribution in [2.24, 2.45) is 0 Å². The Morgan fingerprint density at radius 2 is 2.08 bits per heavy atom. The summed E-state index contributed by atoms with van der Waals surface area (Å²) in [6, 6.07) is 6.87. The van der Waals surface area contributed by atoms with Crippen molar-refractivity contribution in [3.63, 3.8) is 0 Å². The van der Waals surface area contributed by atoms with Crippen LogP contribution in [0.5, 0.6) is 0 Å². The molecule has 0 aliphatic rings. The number of rotatable bonds is 6. The Balaban J connectivity index is 1.99. The number of carbonyl (C=O) groups excluding carboxylic acids is 1. The van der Waals surface area contributed by atoms with Gasteiger partial charge in [0.2, 0.25) is 0 Å². The number of hydrogen-bond acceptors (Lipinski definition) is 7. The molecular weight excluding hydrogens is 374 g/mol. The second kappa shape index (κ2) is 7.99. The molecule has 136 valence electrons. The molecule has 0 radical (unpaired) electrons. The third-order valence-corrected chi connectivity index (χ3v) is 5.39. The molecule has 1 aromatic carbocycles. The van der Waals surface area contributed by atoms with E-state index >= 15 is 0 Å².